The van der Waals surface area contributed by atoms with Crippen LogP contribution < -0.4 is 5.73 Å². The smallest absolute Gasteiger partial charge is 0.149 e. The fourth-order valence-corrected chi connectivity index (χ4v) is 1.26. The number of hydrogen-bond acceptors (Lipinski definition) is 2. The second-order valence-electron chi connectivity index (χ2n) is 2.67. The van der Waals surface area contributed by atoms with Gasteiger partial charge in [-0.05, 0) is 12.1 Å². The van der Waals surface area contributed by atoms with Crippen molar-refractivity contribution in [1.29, 1.82) is 0 Å². The van der Waals surface area contributed by atoms with Gasteiger partial charge in [0.15, 0.2) is 0 Å². The first-order valence-corrected chi connectivity index (χ1v) is 3.56. The standard InChI is InChI=1S/C8H8FN3/c1-12-8-5(4-11-12)7(10)3-2-6(8)9/h2-4H,10H2,1H3. The van der Waals surface area contributed by atoms with E-state index in [-0.39, 0.29) is 5.82 Å². The molecule has 0 unspecified atom stereocenters. The molecule has 62 valence electrons. The van der Waals surface area contributed by atoms with E-state index in [4.69, 9.17) is 5.73 Å². The van der Waals surface area contributed by atoms with Gasteiger partial charge in [-0.1, -0.05) is 0 Å². The van der Waals surface area contributed by atoms with Crippen LogP contribution in [0.4, 0.5) is 10.1 Å². The van der Waals surface area contributed by atoms with Crippen LogP contribution in [0.5, 0.6) is 0 Å². The van der Waals surface area contributed by atoms with Crippen molar-refractivity contribution < 1.29 is 4.39 Å². The van der Waals surface area contributed by atoms with Crippen molar-refractivity contribution in [1.82, 2.24) is 9.78 Å². The maximum absolute atomic E-state index is 13.1. The van der Waals surface area contributed by atoms with Crippen molar-refractivity contribution in [3.63, 3.8) is 0 Å². The highest BCUT2D eigenvalue weighted by Crippen LogP contribution is 2.22. The molecule has 1 aromatic carbocycles. The lowest BCUT2D eigenvalue weighted by Gasteiger charge is -1.98. The van der Waals surface area contributed by atoms with Gasteiger partial charge in [-0.2, -0.15) is 5.10 Å². The molecule has 4 heteroatoms. The molecule has 1 heterocycles. The van der Waals surface area contributed by atoms with E-state index in [1.807, 2.05) is 0 Å². The lowest BCUT2D eigenvalue weighted by molar-refractivity contribution is 0.626. The zero-order valence-electron chi connectivity index (χ0n) is 6.58. The summed E-state index contributed by atoms with van der Waals surface area (Å²) in [4.78, 5) is 0. The Morgan fingerprint density at radius 3 is 2.92 bits per heavy atom. The number of fused-ring (bicyclic) bond motifs is 1. The van der Waals surface area contributed by atoms with Crippen LogP contribution in [0.1, 0.15) is 0 Å². The zero-order valence-corrected chi connectivity index (χ0v) is 6.58. The molecule has 3 nitrogen and oxygen atoms in total. The van der Waals surface area contributed by atoms with Gasteiger partial charge in [-0.15, -0.1) is 0 Å². The van der Waals surface area contributed by atoms with Gasteiger partial charge in [0, 0.05) is 18.1 Å². The second kappa shape index (κ2) is 2.20. The molecule has 0 radical (unpaired) electrons. The molecule has 12 heavy (non-hydrogen) atoms. The molecular formula is C8H8FN3. The Balaban J connectivity index is 2.98. The molecule has 2 N–H and O–H groups in total. The van der Waals surface area contributed by atoms with Crippen molar-refractivity contribution in [3.8, 4) is 0 Å². The average molecular weight is 165 g/mol. The van der Waals surface area contributed by atoms with Crippen LogP contribution in [-0.2, 0) is 7.05 Å². The van der Waals surface area contributed by atoms with Crippen LogP contribution in [0.25, 0.3) is 10.9 Å². The van der Waals surface area contributed by atoms with Crippen LogP contribution in [0.15, 0.2) is 18.3 Å². The molecule has 0 fully saturated rings. The van der Waals surface area contributed by atoms with Crippen LogP contribution in [0.2, 0.25) is 0 Å². The number of hydrogen-bond donors (Lipinski definition) is 1. The highest BCUT2D eigenvalue weighted by Gasteiger charge is 2.07. The van der Waals surface area contributed by atoms with Gasteiger partial charge in [0.2, 0.25) is 0 Å². The minimum Gasteiger partial charge on any atom is -0.398 e. The zero-order chi connectivity index (χ0) is 8.72. The number of anilines is 1. The number of aromatic nitrogens is 2. The van der Waals surface area contributed by atoms with E-state index in [2.05, 4.69) is 5.10 Å². The highest BCUT2D eigenvalue weighted by atomic mass is 19.1. The van der Waals surface area contributed by atoms with E-state index in [1.54, 1.807) is 19.3 Å². The summed E-state index contributed by atoms with van der Waals surface area (Å²) >= 11 is 0. The first kappa shape index (κ1) is 7.09. The molecule has 0 spiro atoms. The van der Waals surface area contributed by atoms with E-state index in [0.29, 0.717) is 16.6 Å². The van der Waals surface area contributed by atoms with E-state index in [1.165, 1.54) is 10.7 Å². The molecular weight excluding hydrogens is 157 g/mol. The van der Waals surface area contributed by atoms with Crippen LogP contribution in [-0.4, -0.2) is 9.78 Å². The molecule has 0 amide bonds. The summed E-state index contributed by atoms with van der Waals surface area (Å²) in [6.45, 7) is 0. The fraction of sp³-hybridized carbons (Fsp3) is 0.125. The van der Waals surface area contributed by atoms with Gasteiger partial charge in [-0.3, -0.25) is 4.68 Å². The number of rotatable bonds is 0. The quantitative estimate of drug-likeness (QED) is 0.598. The SMILES string of the molecule is Cn1ncc2c(N)ccc(F)c21. The van der Waals surface area contributed by atoms with Crippen LogP contribution in [0.3, 0.4) is 0 Å². The van der Waals surface area contributed by atoms with Crippen molar-refractivity contribution >= 4 is 16.6 Å². The Hall–Kier alpha value is -1.58. The van der Waals surface area contributed by atoms with Gasteiger partial charge in [0.05, 0.1) is 6.20 Å². The maximum Gasteiger partial charge on any atom is 0.149 e. The Kier molecular flexibility index (Phi) is 1.30. The fourth-order valence-electron chi connectivity index (χ4n) is 1.26. The van der Waals surface area contributed by atoms with Crippen molar-refractivity contribution in [2.45, 2.75) is 0 Å². The Labute approximate surface area is 68.6 Å². The maximum atomic E-state index is 13.1. The number of halogens is 1. The van der Waals surface area contributed by atoms with Crippen molar-refractivity contribution in [3.05, 3.63) is 24.1 Å². The molecule has 0 bridgehead atoms. The minimum atomic E-state index is -0.292. The van der Waals surface area contributed by atoms with E-state index < -0.39 is 0 Å². The number of nitrogen functional groups attached to an aromatic ring is 1. The van der Waals surface area contributed by atoms with E-state index in [9.17, 15) is 4.39 Å². The predicted octanol–water partition coefficient (Wildman–Crippen LogP) is 1.29. The third-order valence-electron chi connectivity index (χ3n) is 1.89. The normalized spacial score (nSPS) is 10.8. The first-order chi connectivity index (χ1) is 5.70. The minimum absolute atomic E-state index is 0.292. The Morgan fingerprint density at radius 2 is 2.25 bits per heavy atom. The largest absolute Gasteiger partial charge is 0.398 e. The average Bonchev–Trinajstić information content (AvgIpc) is 2.42. The van der Waals surface area contributed by atoms with Gasteiger partial charge < -0.3 is 5.73 Å². The first-order valence-electron chi connectivity index (χ1n) is 3.56. The third kappa shape index (κ3) is 0.777. The van der Waals surface area contributed by atoms with E-state index in [0.717, 1.165) is 0 Å². The van der Waals surface area contributed by atoms with Gasteiger partial charge in [0.1, 0.15) is 11.3 Å². The highest BCUT2D eigenvalue weighted by molar-refractivity contribution is 5.90. The summed E-state index contributed by atoms with van der Waals surface area (Å²) in [5.74, 6) is -0.292. The van der Waals surface area contributed by atoms with Gasteiger partial charge in [-0.25, -0.2) is 4.39 Å². The molecule has 1 aromatic heterocycles. The van der Waals surface area contributed by atoms with Gasteiger partial charge in [0.25, 0.3) is 0 Å². The molecule has 2 aromatic rings. The number of nitrogens with two attached hydrogens (primary N) is 1. The lowest BCUT2D eigenvalue weighted by Crippen LogP contribution is -1.93. The molecule has 0 aliphatic rings. The number of nitrogens with zero attached hydrogens (tertiary/aromatic N) is 2. The summed E-state index contributed by atoms with van der Waals surface area (Å²) in [7, 11) is 1.69. The summed E-state index contributed by atoms with van der Waals surface area (Å²) in [5.41, 5.74) is 6.63. The topological polar surface area (TPSA) is 43.8 Å². The third-order valence-corrected chi connectivity index (χ3v) is 1.89. The summed E-state index contributed by atoms with van der Waals surface area (Å²) in [6.07, 6.45) is 1.56. The Morgan fingerprint density at radius 1 is 1.50 bits per heavy atom. The van der Waals surface area contributed by atoms with Gasteiger partial charge >= 0.3 is 0 Å². The van der Waals surface area contributed by atoms with Crippen molar-refractivity contribution in [2.24, 2.45) is 7.05 Å². The summed E-state index contributed by atoms with van der Waals surface area (Å²) < 4.78 is 14.6. The van der Waals surface area contributed by atoms with Crippen LogP contribution in [0, 0.1) is 5.82 Å². The van der Waals surface area contributed by atoms with E-state index >= 15 is 0 Å². The predicted molar refractivity (Wildman–Crippen MR) is 45.1 cm³/mol. The summed E-state index contributed by atoms with van der Waals surface area (Å²) in [6, 6.07) is 2.89. The summed E-state index contributed by atoms with van der Waals surface area (Å²) in [5, 5.41) is 4.58. The van der Waals surface area contributed by atoms with Crippen molar-refractivity contribution in [2.75, 3.05) is 5.73 Å². The second-order valence-corrected chi connectivity index (χ2v) is 2.67. The molecule has 2 rings (SSSR count). The molecule has 0 atom stereocenters. The Bertz CT molecular complexity index is 433. The molecule has 0 aliphatic heterocycles. The molecule has 0 saturated heterocycles. The number of benzene rings is 1. The number of aryl methyl sites for hydroxylation is 1. The van der Waals surface area contributed by atoms with Crippen LogP contribution >= 0.6 is 0 Å². The molecule has 0 saturated carbocycles. The lowest BCUT2D eigenvalue weighted by atomic mass is 10.2. The monoisotopic (exact) mass is 165 g/mol. The molecule has 0 aliphatic carbocycles.